The van der Waals surface area contributed by atoms with Crippen LogP contribution >= 0.6 is 0 Å². The number of ether oxygens (including phenoxy) is 1. The van der Waals surface area contributed by atoms with Gasteiger partial charge in [0, 0.05) is 29.9 Å². The van der Waals surface area contributed by atoms with E-state index in [1.807, 2.05) is 46.1 Å². The van der Waals surface area contributed by atoms with Crippen molar-refractivity contribution in [2.45, 2.75) is 84.0 Å². The van der Waals surface area contributed by atoms with Crippen molar-refractivity contribution in [2.75, 3.05) is 0 Å². The van der Waals surface area contributed by atoms with E-state index in [0.717, 1.165) is 18.5 Å². The van der Waals surface area contributed by atoms with E-state index in [4.69, 9.17) is 4.74 Å². The van der Waals surface area contributed by atoms with Crippen LogP contribution in [0, 0.1) is 0 Å². The van der Waals surface area contributed by atoms with Crippen molar-refractivity contribution >= 4 is 12.0 Å². The van der Waals surface area contributed by atoms with Crippen molar-refractivity contribution in [3.05, 3.63) is 18.2 Å². The second-order valence-electron chi connectivity index (χ2n) is 8.44. The van der Waals surface area contributed by atoms with Crippen molar-refractivity contribution in [3.63, 3.8) is 0 Å². The monoisotopic (exact) mass is 350 g/mol. The number of nitrogens with zero attached hydrogens (tertiary/aromatic N) is 2. The largest absolute Gasteiger partial charge is 0.444 e. The fourth-order valence-corrected chi connectivity index (χ4v) is 2.57. The highest BCUT2D eigenvalue weighted by molar-refractivity contribution is 5.80. The number of nitrogens with one attached hydrogen (secondary N) is 2. The Morgan fingerprint density at radius 3 is 2.52 bits per heavy atom. The van der Waals surface area contributed by atoms with Gasteiger partial charge >= 0.3 is 6.09 Å². The third-order valence-corrected chi connectivity index (χ3v) is 3.93. The van der Waals surface area contributed by atoms with Crippen LogP contribution in [0.5, 0.6) is 0 Å². The first-order valence-electron chi connectivity index (χ1n) is 8.79. The summed E-state index contributed by atoms with van der Waals surface area (Å²) in [4.78, 5) is 28.5. The fraction of sp³-hybridized carbons (Fsp3) is 0.722. The predicted octanol–water partition coefficient (Wildman–Crippen LogP) is 2.57. The third kappa shape index (κ3) is 6.07. The fourth-order valence-electron chi connectivity index (χ4n) is 2.57. The van der Waals surface area contributed by atoms with Crippen molar-refractivity contribution in [1.29, 1.82) is 0 Å². The number of hydrogen-bond acceptors (Lipinski definition) is 4. The molecule has 2 amide bonds. The van der Waals surface area contributed by atoms with Crippen LogP contribution in [0.15, 0.2) is 12.5 Å². The minimum absolute atomic E-state index is 0.000317. The Kier molecular flexibility index (Phi) is 5.44. The summed E-state index contributed by atoms with van der Waals surface area (Å²) in [6.07, 6.45) is 5.59. The van der Waals surface area contributed by atoms with Crippen LogP contribution in [0.4, 0.5) is 4.79 Å². The Labute approximate surface area is 149 Å². The summed E-state index contributed by atoms with van der Waals surface area (Å²) >= 11 is 0. The van der Waals surface area contributed by atoms with Crippen LogP contribution in [0.25, 0.3) is 0 Å². The normalized spacial score (nSPS) is 16.2. The van der Waals surface area contributed by atoms with Gasteiger partial charge in [-0.3, -0.25) is 4.79 Å². The maximum Gasteiger partial charge on any atom is 0.408 e. The molecule has 0 saturated heterocycles. The Balaban J connectivity index is 2.00. The Morgan fingerprint density at radius 1 is 1.32 bits per heavy atom. The molecule has 7 nitrogen and oxygen atoms in total. The molecule has 2 rings (SSSR count). The lowest BCUT2D eigenvalue weighted by Gasteiger charge is -2.29. The molecule has 1 aromatic heterocycles. The van der Waals surface area contributed by atoms with E-state index in [1.165, 1.54) is 0 Å². The smallest absolute Gasteiger partial charge is 0.408 e. The van der Waals surface area contributed by atoms with E-state index < -0.39 is 17.2 Å². The number of alkyl carbamates (subject to hydrolysis) is 1. The Hall–Kier alpha value is -2.05. The van der Waals surface area contributed by atoms with Gasteiger partial charge in [0.1, 0.15) is 11.6 Å². The number of carbonyl (C=O) groups is 2. The van der Waals surface area contributed by atoms with Gasteiger partial charge in [-0.1, -0.05) is 0 Å². The maximum absolute atomic E-state index is 12.3. The van der Waals surface area contributed by atoms with Gasteiger partial charge in [0.15, 0.2) is 0 Å². The molecule has 1 heterocycles. The predicted molar refractivity (Wildman–Crippen MR) is 95.3 cm³/mol. The van der Waals surface area contributed by atoms with Crippen LogP contribution in [-0.2, 0) is 16.0 Å². The van der Waals surface area contributed by atoms with Crippen molar-refractivity contribution < 1.29 is 14.3 Å². The molecule has 0 aliphatic heterocycles. The SMILES string of the molecule is CC(C(=O)NC1CC1)n1cncc1CC(C)(C)NC(=O)OC(C)(C)C. The molecule has 140 valence electrons. The molecular formula is C18H30N4O3. The minimum atomic E-state index is -0.544. The number of carbonyl (C=O) groups excluding carboxylic acids is 2. The van der Waals surface area contributed by atoms with Gasteiger partial charge in [-0.05, 0) is 54.4 Å². The highest BCUT2D eigenvalue weighted by atomic mass is 16.6. The molecule has 0 aromatic carbocycles. The summed E-state index contributed by atoms with van der Waals surface area (Å²) in [5.41, 5.74) is -0.191. The highest BCUT2D eigenvalue weighted by Crippen LogP contribution is 2.21. The molecule has 0 bridgehead atoms. The summed E-state index contributed by atoms with van der Waals surface area (Å²) in [7, 11) is 0. The molecule has 1 fully saturated rings. The molecule has 1 unspecified atom stereocenters. The van der Waals surface area contributed by atoms with Gasteiger partial charge in [0.05, 0.1) is 6.33 Å². The van der Waals surface area contributed by atoms with Crippen LogP contribution < -0.4 is 10.6 Å². The molecule has 2 N–H and O–H groups in total. The van der Waals surface area contributed by atoms with Gasteiger partial charge in [-0.25, -0.2) is 9.78 Å². The van der Waals surface area contributed by atoms with Crippen molar-refractivity contribution in [2.24, 2.45) is 0 Å². The Morgan fingerprint density at radius 2 is 1.96 bits per heavy atom. The summed E-state index contributed by atoms with van der Waals surface area (Å²) < 4.78 is 7.18. The lowest BCUT2D eigenvalue weighted by Crippen LogP contribution is -2.47. The van der Waals surface area contributed by atoms with Gasteiger partial charge in [0.2, 0.25) is 5.91 Å². The number of hydrogen-bond donors (Lipinski definition) is 2. The van der Waals surface area contributed by atoms with Crippen LogP contribution in [-0.4, -0.2) is 38.7 Å². The average Bonchev–Trinajstić information content (AvgIpc) is 3.12. The molecule has 25 heavy (non-hydrogen) atoms. The second-order valence-corrected chi connectivity index (χ2v) is 8.44. The van der Waals surface area contributed by atoms with E-state index in [9.17, 15) is 9.59 Å². The summed E-state index contributed by atoms with van der Waals surface area (Å²) in [5.74, 6) is -0.000317. The van der Waals surface area contributed by atoms with E-state index in [1.54, 1.807) is 12.5 Å². The Bertz CT molecular complexity index is 627. The van der Waals surface area contributed by atoms with Gasteiger partial charge < -0.3 is 19.9 Å². The first-order chi connectivity index (χ1) is 11.5. The second kappa shape index (κ2) is 7.06. The number of rotatable bonds is 6. The van der Waals surface area contributed by atoms with E-state index >= 15 is 0 Å². The lowest BCUT2D eigenvalue weighted by molar-refractivity contribution is -0.124. The molecule has 1 aromatic rings. The maximum atomic E-state index is 12.3. The molecule has 1 atom stereocenters. The number of imidazole rings is 1. The van der Waals surface area contributed by atoms with E-state index in [0.29, 0.717) is 12.5 Å². The van der Waals surface area contributed by atoms with E-state index in [2.05, 4.69) is 15.6 Å². The highest BCUT2D eigenvalue weighted by Gasteiger charge is 2.29. The van der Waals surface area contributed by atoms with E-state index in [-0.39, 0.29) is 11.9 Å². The molecule has 1 aliphatic rings. The zero-order valence-corrected chi connectivity index (χ0v) is 16.0. The first-order valence-corrected chi connectivity index (χ1v) is 8.79. The number of aromatic nitrogens is 2. The van der Waals surface area contributed by atoms with Crippen LogP contribution in [0.2, 0.25) is 0 Å². The van der Waals surface area contributed by atoms with Crippen molar-refractivity contribution in [3.8, 4) is 0 Å². The zero-order valence-electron chi connectivity index (χ0n) is 16.0. The molecule has 1 saturated carbocycles. The van der Waals surface area contributed by atoms with Crippen molar-refractivity contribution in [1.82, 2.24) is 20.2 Å². The van der Waals surface area contributed by atoms with Gasteiger partial charge in [0.25, 0.3) is 0 Å². The van der Waals surface area contributed by atoms with Crippen LogP contribution in [0.3, 0.4) is 0 Å². The third-order valence-electron chi connectivity index (χ3n) is 3.93. The molecule has 1 aliphatic carbocycles. The average molecular weight is 350 g/mol. The van der Waals surface area contributed by atoms with Gasteiger partial charge in [-0.2, -0.15) is 0 Å². The lowest BCUT2D eigenvalue weighted by atomic mass is 9.98. The molecular weight excluding hydrogens is 320 g/mol. The molecule has 7 heteroatoms. The summed E-state index contributed by atoms with van der Waals surface area (Å²) in [5, 5.41) is 5.90. The topological polar surface area (TPSA) is 85.3 Å². The number of amides is 2. The summed E-state index contributed by atoms with van der Waals surface area (Å²) in [6.45, 7) is 11.2. The van der Waals surface area contributed by atoms with Gasteiger partial charge in [-0.15, -0.1) is 0 Å². The standard InChI is InChI=1S/C18H30N4O3/c1-12(15(23)20-13-7-8-13)22-11-19-10-14(22)9-18(5,6)21-16(24)25-17(2,3)4/h10-13H,7-9H2,1-6H3,(H,20,23)(H,21,24). The first kappa shape index (κ1) is 19.3. The molecule has 0 radical (unpaired) electrons. The molecule has 0 spiro atoms. The summed E-state index contributed by atoms with van der Waals surface area (Å²) in [6, 6.07) is -0.0115. The van der Waals surface area contributed by atoms with Crippen LogP contribution in [0.1, 0.15) is 66.1 Å². The minimum Gasteiger partial charge on any atom is -0.444 e. The quantitative estimate of drug-likeness (QED) is 0.826. The zero-order chi connectivity index (χ0) is 18.8.